The van der Waals surface area contributed by atoms with E-state index in [-0.39, 0.29) is 11.8 Å². The number of anilines is 1. The third-order valence-electron chi connectivity index (χ3n) is 4.72. The van der Waals surface area contributed by atoms with Crippen LogP contribution in [0.3, 0.4) is 0 Å². The van der Waals surface area contributed by atoms with Gasteiger partial charge >= 0.3 is 0 Å². The van der Waals surface area contributed by atoms with Crippen molar-refractivity contribution < 1.29 is 9.59 Å². The van der Waals surface area contributed by atoms with Gasteiger partial charge in [-0.15, -0.1) is 11.8 Å². The molecule has 0 N–H and O–H groups in total. The maximum atomic E-state index is 13.3. The largest absolute Gasteiger partial charge is 0.272 e. The molecule has 0 spiro atoms. The quantitative estimate of drug-likeness (QED) is 0.719. The Morgan fingerprint density at radius 2 is 1.58 bits per heavy atom. The fourth-order valence-electron chi connectivity index (χ4n) is 3.21. The van der Waals surface area contributed by atoms with Crippen LogP contribution in [0.2, 0.25) is 0 Å². The zero-order valence-corrected chi connectivity index (χ0v) is 16.7. The van der Waals surface area contributed by atoms with Crippen LogP contribution in [0, 0.1) is 27.7 Å². The minimum atomic E-state index is -0.235. The van der Waals surface area contributed by atoms with Crippen molar-refractivity contribution in [2.24, 2.45) is 0 Å². The Labute approximate surface area is 159 Å². The smallest absolute Gasteiger partial charge is 0.268 e. The van der Waals surface area contributed by atoms with Gasteiger partial charge in [0.25, 0.3) is 11.8 Å². The van der Waals surface area contributed by atoms with Gasteiger partial charge in [0, 0.05) is 0 Å². The van der Waals surface area contributed by atoms with Gasteiger partial charge in [-0.05, 0) is 61.8 Å². The number of carbonyl (C=O) groups is 2. The van der Waals surface area contributed by atoms with Crippen molar-refractivity contribution in [3.63, 3.8) is 0 Å². The predicted octanol–water partition coefficient (Wildman–Crippen LogP) is 4.96. The number of imide groups is 1. The van der Waals surface area contributed by atoms with Crippen LogP contribution in [0.5, 0.6) is 0 Å². The Kier molecular flexibility index (Phi) is 5.05. The van der Waals surface area contributed by atoms with E-state index in [1.807, 2.05) is 71.0 Å². The lowest BCUT2D eigenvalue weighted by atomic mass is 10.0. The van der Waals surface area contributed by atoms with Crippen molar-refractivity contribution in [3.05, 3.63) is 69.1 Å². The summed E-state index contributed by atoms with van der Waals surface area (Å²) < 4.78 is 0. The van der Waals surface area contributed by atoms with Crippen molar-refractivity contribution in [3.8, 4) is 0 Å². The molecular formula is C22H23NO2S. The number of benzene rings is 2. The van der Waals surface area contributed by atoms with Gasteiger partial charge in [-0.2, -0.15) is 0 Å². The second kappa shape index (κ2) is 7.12. The SMILES string of the molecule is CCSC1=C(c2ccc(C)c(C)c2)C(=O)N(c2ccc(C)cc2C)C1=O. The van der Waals surface area contributed by atoms with Gasteiger partial charge in [0.05, 0.1) is 16.2 Å². The van der Waals surface area contributed by atoms with E-state index in [2.05, 4.69) is 0 Å². The first-order chi connectivity index (χ1) is 12.3. The highest BCUT2D eigenvalue weighted by Crippen LogP contribution is 2.39. The second-order valence-electron chi connectivity index (χ2n) is 6.67. The zero-order valence-electron chi connectivity index (χ0n) is 15.8. The van der Waals surface area contributed by atoms with Crippen LogP contribution in [0.25, 0.3) is 5.57 Å². The first-order valence-corrected chi connectivity index (χ1v) is 9.74. The molecule has 0 atom stereocenters. The van der Waals surface area contributed by atoms with Crippen molar-refractivity contribution in [1.82, 2.24) is 0 Å². The molecular weight excluding hydrogens is 342 g/mol. The Morgan fingerprint density at radius 1 is 0.846 bits per heavy atom. The first kappa shape index (κ1) is 18.5. The third-order valence-corrected chi connectivity index (χ3v) is 5.67. The van der Waals surface area contributed by atoms with E-state index in [4.69, 9.17) is 0 Å². The average Bonchev–Trinajstić information content (AvgIpc) is 2.82. The molecule has 26 heavy (non-hydrogen) atoms. The summed E-state index contributed by atoms with van der Waals surface area (Å²) in [5.41, 5.74) is 6.31. The lowest BCUT2D eigenvalue weighted by Gasteiger charge is -2.18. The highest BCUT2D eigenvalue weighted by molar-refractivity contribution is 8.04. The normalized spacial score (nSPS) is 14.6. The summed E-state index contributed by atoms with van der Waals surface area (Å²) >= 11 is 1.44. The topological polar surface area (TPSA) is 37.4 Å². The van der Waals surface area contributed by atoms with E-state index in [0.29, 0.717) is 16.2 Å². The summed E-state index contributed by atoms with van der Waals surface area (Å²) in [6.07, 6.45) is 0. The van der Waals surface area contributed by atoms with Gasteiger partial charge in [-0.3, -0.25) is 9.59 Å². The summed E-state index contributed by atoms with van der Waals surface area (Å²) in [6, 6.07) is 11.7. The monoisotopic (exact) mass is 365 g/mol. The average molecular weight is 365 g/mol. The minimum Gasteiger partial charge on any atom is -0.268 e. The van der Waals surface area contributed by atoms with Crippen molar-refractivity contribution in [2.75, 3.05) is 10.7 Å². The van der Waals surface area contributed by atoms with Gasteiger partial charge in [0.1, 0.15) is 0 Å². The second-order valence-corrected chi connectivity index (χ2v) is 7.95. The number of nitrogens with zero attached hydrogens (tertiary/aromatic N) is 1. The number of thioether (sulfide) groups is 1. The zero-order chi connectivity index (χ0) is 19.0. The Morgan fingerprint density at radius 3 is 2.19 bits per heavy atom. The standard InChI is InChI=1S/C22H23NO2S/c1-6-26-20-19(17-9-8-14(3)15(4)12-17)21(24)23(22(20)25)18-10-7-13(2)11-16(18)5/h7-12H,6H2,1-5H3. The van der Waals surface area contributed by atoms with E-state index < -0.39 is 0 Å². The maximum Gasteiger partial charge on any atom is 0.272 e. The number of carbonyl (C=O) groups excluding carboxylic acids is 2. The van der Waals surface area contributed by atoms with Gasteiger partial charge in [0.2, 0.25) is 0 Å². The van der Waals surface area contributed by atoms with Crippen LogP contribution in [0.15, 0.2) is 41.3 Å². The molecule has 1 aliphatic heterocycles. The fourth-order valence-corrected chi connectivity index (χ4v) is 4.07. The van der Waals surface area contributed by atoms with E-state index >= 15 is 0 Å². The fraction of sp³-hybridized carbons (Fsp3) is 0.273. The Bertz CT molecular complexity index is 943. The molecule has 1 heterocycles. The Hall–Kier alpha value is -2.33. The van der Waals surface area contributed by atoms with Crippen LogP contribution in [0.4, 0.5) is 5.69 Å². The van der Waals surface area contributed by atoms with Gasteiger partial charge in [-0.25, -0.2) is 4.90 Å². The molecule has 3 rings (SSSR count). The van der Waals surface area contributed by atoms with E-state index in [0.717, 1.165) is 28.0 Å². The molecule has 2 aromatic rings. The van der Waals surface area contributed by atoms with Gasteiger partial charge in [0.15, 0.2) is 0 Å². The van der Waals surface area contributed by atoms with Gasteiger partial charge in [-0.1, -0.05) is 42.8 Å². The van der Waals surface area contributed by atoms with Crippen LogP contribution in [-0.2, 0) is 9.59 Å². The summed E-state index contributed by atoms with van der Waals surface area (Å²) in [6.45, 7) is 9.99. The van der Waals surface area contributed by atoms with Crippen molar-refractivity contribution in [1.29, 1.82) is 0 Å². The van der Waals surface area contributed by atoms with Crippen LogP contribution in [0.1, 0.15) is 34.7 Å². The highest BCUT2D eigenvalue weighted by atomic mass is 32.2. The lowest BCUT2D eigenvalue weighted by Crippen LogP contribution is -2.32. The molecule has 0 saturated carbocycles. The first-order valence-electron chi connectivity index (χ1n) is 8.76. The molecule has 1 aliphatic rings. The number of hydrogen-bond donors (Lipinski definition) is 0. The Balaban J connectivity index is 2.13. The van der Waals surface area contributed by atoms with Crippen LogP contribution in [-0.4, -0.2) is 17.6 Å². The van der Waals surface area contributed by atoms with E-state index in [1.165, 1.54) is 22.2 Å². The lowest BCUT2D eigenvalue weighted by molar-refractivity contribution is -0.119. The van der Waals surface area contributed by atoms with E-state index in [1.54, 1.807) is 0 Å². The molecule has 0 fully saturated rings. The number of aryl methyl sites for hydroxylation is 4. The molecule has 3 nitrogen and oxygen atoms in total. The predicted molar refractivity (Wildman–Crippen MR) is 109 cm³/mol. The minimum absolute atomic E-state index is 0.220. The third kappa shape index (κ3) is 3.10. The summed E-state index contributed by atoms with van der Waals surface area (Å²) in [4.78, 5) is 28.2. The van der Waals surface area contributed by atoms with Crippen LogP contribution >= 0.6 is 11.8 Å². The molecule has 2 aromatic carbocycles. The molecule has 134 valence electrons. The molecule has 0 aliphatic carbocycles. The molecule has 0 bridgehead atoms. The summed E-state index contributed by atoms with van der Waals surface area (Å²) in [7, 11) is 0. The maximum absolute atomic E-state index is 13.3. The van der Waals surface area contributed by atoms with E-state index in [9.17, 15) is 9.59 Å². The summed E-state index contributed by atoms with van der Waals surface area (Å²) in [5, 5.41) is 0. The molecule has 4 heteroatoms. The highest BCUT2D eigenvalue weighted by Gasteiger charge is 2.40. The molecule has 0 unspecified atom stereocenters. The number of rotatable bonds is 4. The van der Waals surface area contributed by atoms with Crippen molar-refractivity contribution >= 4 is 34.8 Å². The summed E-state index contributed by atoms with van der Waals surface area (Å²) in [5.74, 6) is 0.284. The molecule has 0 saturated heterocycles. The van der Waals surface area contributed by atoms with Crippen molar-refractivity contribution in [2.45, 2.75) is 34.6 Å². The molecule has 0 aromatic heterocycles. The van der Waals surface area contributed by atoms with Gasteiger partial charge < -0.3 is 0 Å². The molecule has 2 amide bonds. The molecule has 0 radical (unpaired) electrons. The number of amides is 2. The van der Waals surface area contributed by atoms with Crippen LogP contribution < -0.4 is 4.90 Å². The number of hydrogen-bond acceptors (Lipinski definition) is 3.